The molecule has 0 saturated carbocycles. The van der Waals surface area contributed by atoms with Gasteiger partial charge in [0.2, 0.25) is 11.8 Å². The van der Waals surface area contributed by atoms with Gasteiger partial charge in [0, 0.05) is 25.9 Å². The van der Waals surface area contributed by atoms with Crippen molar-refractivity contribution in [3.8, 4) is 0 Å². The summed E-state index contributed by atoms with van der Waals surface area (Å²) in [6.45, 7) is 7.16. The minimum absolute atomic E-state index is 0.00184. The Kier molecular flexibility index (Phi) is 15.1. The number of aromatic nitrogens is 4. The van der Waals surface area contributed by atoms with E-state index in [-0.39, 0.29) is 11.8 Å². The van der Waals surface area contributed by atoms with Gasteiger partial charge in [-0.2, -0.15) is 0 Å². The van der Waals surface area contributed by atoms with Gasteiger partial charge in [-0.25, -0.2) is 9.97 Å². The van der Waals surface area contributed by atoms with E-state index in [4.69, 9.17) is 9.97 Å². The quantitative estimate of drug-likeness (QED) is 0.0805. The molecule has 2 N–H and O–H groups in total. The molecule has 4 aromatic rings. The van der Waals surface area contributed by atoms with Crippen molar-refractivity contribution in [2.24, 2.45) is 0 Å². The van der Waals surface area contributed by atoms with E-state index in [9.17, 15) is 9.59 Å². The number of hydrogen-bond donors (Lipinski definition) is 2. The molecule has 0 aliphatic rings. The Morgan fingerprint density at radius 1 is 0.543 bits per heavy atom. The van der Waals surface area contributed by atoms with Gasteiger partial charge in [0.1, 0.15) is 11.6 Å². The van der Waals surface area contributed by atoms with Gasteiger partial charge in [-0.1, -0.05) is 102 Å². The summed E-state index contributed by atoms with van der Waals surface area (Å²) in [5.74, 6) is 1.82. The first-order chi connectivity index (χ1) is 22.6. The van der Waals surface area contributed by atoms with Crippen LogP contribution in [-0.4, -0.2) is 30.9 Å². The molecule has 0 aliphatic heterocycles. The van der Waals surface area contributed by atoms with E-state index in [1.807, 2.05) is 36.4 Å². The lowest BCUT2D eigenvalue weighted by Crippen LogP contribution is -2.25. The fraction of sp³-hybridized carbons (Fsp3) is 0.579. The van der Waals surface area contributed by atoms with Crippen LogP contribution >= 0.6 is 0 Å². The van der Waals surface area contributed by atoms with Crippen LogP contribution in [0, 0.1) is 0 Å². The predicted octanol–water partition coefficient (Wildman–Crippen LogP) is 8.60. The molecule has 2 heterocycles. The highest BCUT2D eigenvalue weighted by Crippen LogP contribution is 2.19. The number of nitrogens with zero attached hydrogens (tertiary/aromatic N) is 4. The first kappa shape index (κ1) is 35.2. The average Bonchev–Trinajstić information content (AvgIpc) is 3.61. The highest BCUT2D eigenvalue weighted by Gasteiger charge is 2.13. The Morgan fingerprint density at radius 2 is 0.935 bits per heavy atom. The van der Waals surface area contributed by atoms with Gasteiger partial charge >= 0.3 is 0 Å². The first-order valence-electron chi connectivity index (χ1n) is 18.0. The van der Waals surface area contributed by atoms with Crippen LogP contribution in [-0.2, 0) is 35.8 Å². The third-order valence-corrected chi connectivity index (χ3v) is 8.88. The molecular formula is C38H56N6O2. The number of fused-ring (bicyclic) bond motifs is 2. The van der Waals surface area contributed by atoms with Crippen molar-refractivity contribution in [2.75, 3.05) is 0 Å². The van der Waals surface area contributed by atoms with Gasteiger partial charge in [-0.05, 0) is 49.9 Å². The number of para-hydroxylation sites is 4. The summed E-state index contributed by atoms with van der Waals surface area (Å²) in [6, 6.07) is 16.4. The van der Waals surface area contributed by atoms with Crippen molar-refractivity contribution in [1.82, 2.24) is 29.7 Å². The Hall–Kier alpha value is -3.68. The zero-order valence-corrected chi connectivity index (χ0v) is 28.4. The second-order valence-electron chi connectivity index (χ2n) is 12.6. The maximum Gasteiger partial charge on any atom is 0.220 e. The number of benzene rings is 2. The van der Waals surface area contributed by atoms with Crippen molar-refractivity contribution < 1.29 is 9.59 Å². The molecule has 0 radical (unpaired) electrons. The summed E-state index contributed by atoms with van der Waals surface area (Å²) in [6.07, 6.45) is 17.1. The number of hydrogen-bond acceptors (Lipinski definition) is 4. The van der Waals surface area contributed by atoms with E-state index in [1.165, 1.54) is 64.2 Å². The van der Waals surface area contributed by atoms with Crippen LogP contribution in [0.2, 0.25) is 0 Å². The Morgan fingerprint density at radius 3 is 1.37 bits per heavy atom. The van der Waals surface area contributed by atoms with Gasteiger partial charge in [-0.3, -0.25) is 9.59 Å². The molecule has 8 nitrogen and oxygen atoms in total. The van der Waals surface area contributed by atoms with E-state index >= 15 is 0 Å². The van der Waals surface area contributed by atoms with Crippen molar-refractivity contribution in [1.29, 1.82) is 0 Å². The molecule has 2 aromatic heterocycles. The van der Waals surface area contributed by atoms with E-state index in [2.05, 4.69) is 45.7 Å². The minimum Gasteiger partial charge on any atom is -0.349 e. The van der Waals surface area contributed by atoms with Crippen molar-refractivity contribution in [3.63, 3.8) is 0 Å². The van der Waals surface area contributed by atoms with Gasteiger partial charge < -0.3 is 19.8 Å². The molecular weight excluding hydrogens is 572 g/mol. The Labute approximate surface area is 275 Å². The van der Waals surface area contributed by atoms with Crippen LogP contribution in [0.15, 0.2) is 48.5 Å². The zero-order chi connectivity index (χ0) is 32.4. The number of imidazole rings is 2. The third kappa shape index (κ3) is 11.0. The number of carbonyl (C=O) groups excluding carboxylic acids is 2. The monoisotopic (exact) mass is 628 g/mol. The zero-order valence-electron chi connectivity index (χ0n) is 28.4. The van der Waals surface area contributed by atoms with E-state index < -0.39 is 0 Å². The van der Waals surface area contributed by atoms with Gasteiger partial charge in [0.15, 0.2) is 0 Å². The lowest BCUT2D eigenvalue weighted by atomic mass is 10.1. The first-order valence-corrected chi connectivity index (χ1v) is 18.0. The highest BCUT2D eigenvalue weighted by molar-refractivity contribution is 5.79. The molecule has 0 saturated heterocycles. The van der Waals surface area contributed by atoms with E-state index in [1.54, 1.807) is 0 Å². The fourth-order valence-corrected chi connectivity index (χ4v) is 6.22. The Bertz CT molecular complexity index is 1380. The van der Waals surface area contributed by atoms with E-state index in [0.29, 0.717) is 38.8 Å². The molecule has 0 atom stereocenters. The summed E-state index contributed by atoms with van der Waals surface area (Å²) >= 11 is 0. The summed E-state index contributed by atoms with van der Waals surface area (Å²) < 4.78 is 4.53. The SMILES string of the molecule is CCCCCCCCn1c(CNC(=O)CCCCC(=O)NCc2nc3ccccc3n2CCCCCCCC)nc2ccccc21. The minimum atomic E-state index is 0.00184. The highest BCUT2D eigenvalue weighted by atomic mass is 16.2. The molecule has 8 heteroatoms. The van der Waals surface area contributed by atoms with Gasteiger partial charge in [-0.15, -0.1) is 0 Å². The van der Waals surface area contributed by atoms with Crippen LogP contribution in [0.25, 0.3) is 22.1 Å². The summed E-state index contributed by atoms with van der Waals surface area (Å²) in [5, 5.41) is 6.14. The molecule has 0 spiro atoms. The number of nitrogens with one attached hydrogen (secondary N) is 2. The molecule has 2 amide bonds. The lowest BCUT2D eigenvalue weighted by molar-refractivity contribution is -0.123. The largest absolute Gasteiger partial charge is 0.349 e. The summed E-state index contributed by atoms with van der Waals surface area (Å²) in [4.78, 5) is 35.0. The van der Waals surface area contributed by atoms with Crippen molar-refractivity contribution in [3.05, 3.63) is 60.2 Å². The average molecular weight is 629 g/mol. The molecule has 0 fully saturated rings. The van der Waals surface area contributed by atoms with Crippen LogP contribution < -0.4 is 10.6 Å². The third-order valence-electron chi connectivity index (χ3n) is 8.88. The van der Waals surface area contributed by atoms with Gasteiger partial charge in [0.25, 0.3) is 0 Å². The predicted molar refractivity (Wildman–Crippen MR) is 188 cm³/mol. The normalized spacial score (nSPS) is 11.4. The van der Waals surface area contributed by atoms with Gasteiger partial charge in [0.05, 0.1) is 35.2 Å². The van der Waals surface area contributed by atoms with Crippen molar-refractivity contribution in [2.45, 2.75) is 143 Å². The van der Waals surface area contributed by atoms with Crippen LogP contribution in [0.3, 0.4) is 0 Å². The van der Waals surface area contributed by atoms with Crippen LogP contribution in [0.4, 0.5) is 0 Å². The molecule has 4 rings (SSSR count). The Balaban J connectivity index is 1.17. The standard InChI is InChI=1S/C38H56N6O2/c1-3-5-7-9-11-19-27-43-33-23-15-13-21-31(33)41-35(43)29-39-37(45)25-17-18-26-38(46)40-30-36-42-32-22-14-16-24-34(32)44(36)28-20-12-10-8-6-4-2/h13-16,21-24H,3-12,17-20,25-30H2,1-2H3,(H,39,45)(H,40,46). The topological polar surface area (TPSA) is 93.8 Å². The fourth-order valence-electron chi connectivity index (χ4n) is 6.22. The number of amides is 2. The second-order valence-corrected chi connectivity index (χ2v) is 12.6. The molecule has 0 unspecified atom stereocenters. The number of aryl methyl sites for hydroxylation is 2. The molecule has 0 aliphatic carbocycles. The second kappa shape index (κ2) is 19.7. The maximum absolute atomic E-state index is 12.7. The number of carbonyl (C=O) groups is 2. The molecule has 2 aromatic carbocycles. The smallest absolute Gasteiger partial charge is 0.220 e. The van der Waals surface area contributed by atoms with Crippen LogP contribution in [0.5, 0.6) is 0 Å². The molecule has 250 valence electrons. The van der Waals surface area contributed by atoms with Crippen molar-refractivity contribution >= 4 is 33.9 Å². The summed E-state index contributed by atoms with van der Waals surface area (Å²) in [5.41, 5.74) is 4.21. The van der Waals surface area contributed by atoms with Crippen LogP contribution in [0.1, 0.15) is 128 Å². The molecule has 0 bridgehead atoms. The number of unbranched alkanes of at least 4 members (excludes halogenated alkanes) is 11. The number of rotatable bonds is 23. The maximum atomic E-state index is 12.7. The van der Waals surface area contributed by atoms with E-state index in [0.717, 1.165) is 59.6 Å². The summed E-state index contributed by atoms with van der Waals surface area (Å²) in [7, 11) is 0. The molecule has 46 heavy (non-hydrogen) atoms. The lowest BCUT2D eigenvalue weighted by Gasteiger charge is -2.11.